The number of carbonyl (C=O) groups is 2. The van der Waals surface area contributed by atoms with E-state index in [0.29, 0.717) is 16.2 Å². The molecular formula is C25H16BrIN2O3S. The van der Waals surface area contributed by atoms with Crippen molar-refractivity contribution in [1.82, 2.24) is 4.90 Å². The van der Waals surface area contributed by atoms with Crippen molar-refractivity contribution >= 4 is 67.5 Å². The van der Waals surface area contributed by atoms with Gasteiger partial charge >= 0.3 is 0 Å². The third-order valence-corrected chi connectivity index (χ3v) is 7.18. The van der Waals surface area contributed by atoms with Crippen molar-refractivity contribution in [3.63, 3.8) is 0 Å². The van der Waals surface area contributed by atoms with Gasteiger partial charge in [0.05, 0.1) is 26.7 Å². The SMILES string of the molecule is N#Cc1ccccc1COc1ccc(/C=C2\SC(=O)N(Cc3ccc(Br)cc3)C2=O)cc1I. The monoisotopic (exact) mass is 630 g/mol. The predicted molar refractivity (Wildman–Crippen MR) is 140 cm³/mol. The Balaban J connectivity index is 1.46. The van der Waals surface area contributed by atoms with Gasteiger partial charge in [-0.2, -0.15) is 5.26 Å². The van der Waals surface area contributed by atoms with E-state index in [1.54, 1.807) is 12.1 Å². The molecule has 1 fully saturated rings. The van der Waals surface area contributed by atoms with E-state index < -0.39 is 0 Å². The second kappa shape index (κ2) is 10.5. The van der Waals surface area contributed by atoms with Crippen LogP contribution in [0, 0.1) is 14.9 Å². The summed E-state index contributed by atoms with van der Waals surface area (Å²) in [5.74, 6) is 0.389. The summed E-state index contributed by atoms with van der Waals surface area (Å²) in [6.07, 6.45) is 1.73. The van der Waals surface area contributed by atoms with Crippen molar-refractivity contribution in [3.05, 3.63) is 102 Å². The van der Waals surface area contributed by atoms with Gasteiger partial charge in [0.25, 0.3) is 11.1 Å². The zero-order chi connectivity index (χ0) is 23.4. The Morgan fingerprint density at radius 3 is 2.58 bits per heavy atom. The summed E-state index contributed by atoms with van der Waals surface area (Å²) in [5, 5.41) is 8.94. The molecule has 4 rings (SSSR count). The summed E-state index contributed by atoms with van der Waals surface area (Å²) >= 11 is 6.50. The molecule has 0 N–H and O–H groups in total. The molecule has 0 spiro atoms. The van der Waals surface area contributed by atoms with Gasteiger partial charge in [0.1, 0.15) is 12.4 Å². The molecular weight excluding hydrogens is 615 g/mol. The largest absolute Gasteiger partial charge is 0.488 e. The molecule has 0 atom stereocenters. The van der Waals surface area contributed by atoms with Crippen LogP contribution in [0.15, 0.2) is 76.1 Å². The quantitative estimate of drug-likeness (QED) is 0.223. The average Bonchev–Trinajstić information content (AvgIpc) is 3.07. The van der Waals surface area contributed by atoms with Crippen LogP contribution in [-0.4, -0.2) is 16.0 Å². The molecule has 164 valence electrons. The first-order valence-corrected chi connectivity index (χ1v) is 12.5. The number of ether oxygens (including phenoxy) is 1. The highest BCUT2D eigenvalue weighted by atomic mass is 127. The van der Waals surface area contributed by atoms with Gasteiger partial charge in [-0.3, -0.25) is 14.5 Å². The van der Waals surface area contributed by atoms with Crippen molar-refractivity contribution in [2.45, 2.75) is 13.2 Å². The van der Waals surface area contributed by atoms with Gasteiger partial charge in [0.15, 0.2) is 0 Å². The highest BCUT2D eigenvalue weighted by Gasteiger charge is 2.35. The topological polar surface area (TPSA) is 70.4 Å². The molecule has 2 amide bonds. The Morgan fingerprint density at radius 1 is 1.09 bits per heavy atom. The molecule has 0 saturated carbocycles. The van der Waals surface area contributed by atoms with Gasteiger partial charge in [-0.15, -0.1) is 0 Å². The number of hydrogen-bond donors (Lipinski definition) is 0. The number of rotatable bonds is 6. The molecule has 1 aliphatic heterocycles. The number of benzene rings is 3. The fourth-order valence-electron chi connectivity index (χ4n) is 3.19. The number of halogens is 2. The Morgan fingerprint density at radius 2 is 1.85 bits per heavy atom. The molecule has 5 nitrogen and oxygen atoms in total. The average molecular weight is 631 g/mol. The van der Waals surface area contributed by atoms with Crippen LogP contribution < -0.4 is 4.74 Å². The number of carbonyl (C=O) groups excluding carboxylic acids is 2. The number of amides is 2. The van der Waals surface area contributed by atoms with Crippen molar-refractivity contribution < 1.29 is 14.3 Å². The minimum atomic E-state index is -0.295. The second-order valence-corrected chi connectivity index (χ2v) is 10.2. The molecule has 3 aromatic carbocycles. The zero-order valence-corrected chi connectivity index (χ0v) is 21.7. The highest BCUT2D eigenvalue weighted by Crippen LogP contribution is 2.34. The van der Waals surface area contributed by atoms with Crippen LogP contribution in [0.4, 0.5) is 4.79 Å². The lowest BCUT2D eigenvalue weighted by Crippen LogP contribution is -2.27. The third-order valence-electron chi connectivity index (χ3n) is 4.90. The molecule has 33 heavy (non-hydrogen) atoms. The molecule has 0 radical (unpaired) electrons. The van der Waals surface area contributed by atoms with E-state index in [4.69, 9.17) is 4.74 Å². The maximum atomic E-state index is 12.8. The van der Waals surface area contributed by atoms with Crippen LogP contribution >= 0.6 is 50.3 Å². The van der Waals surface area contributed by atoms with Gasteiger partial charge in [-0.1, -0.05) is 52.3 Å². The minimum Gasteiger partial charge on any atom is -0.488 e. The fraction of sp³-hybridized carbons (Fsp3) is 0.0800. The Bertz CT molecular complexity index is 1300. The maximum absolute atomic E-state index is 12.8. The minimum absolute atomic E-state index is 0.240. The van der Waals surface area contributed by atoms with Gasteiger partial charge in [-0.05, 0) is 81.9 Å². The van der Waals surface area contributed by atoms with Gasteiger partial charge < -0.3 is 4.74 Å². The smallest absolute Gasteiger partial charge is 0.293 e. The molecule has 3 aromatic rings. The lowest BCUT2D eigenvalue weighted by Gasteiger charge is -2.12. The fourth-order valence-corrected chi connectivity index (χ4v) is 4.99. The number of hydrogen-bond acceptors (Lipinski definition) is 5. The molecule has 0 bridgehead atoms. The number of imide groups is 1. The normalized spacial score (nSPS) is 14.6. The number of nitriles is 1. The third kappa shape index (κ3) is 5.66. The van der Waals surface area contributed by atoms with Crippen molar-refractivity contribution in [2.75, 3.05) is 0 Å². The van der Waals surface area contributed by atoms with Crippen LogP contribution in [0.2, 0.25) is 0 Å². The molecule has 1 aliphatic rings. The summed E-state index contributed by atoms with van der Waals surface area (Å²) < 4.78 is 7.71. The number of thioether (sulfide) groups is 1. The molecule has 1 saturated heterocycles. The van der Waals surface area contributed by atoms with E-state index in [-0.39, 0.29) is 24.3 Å². The zero-order valence-electron chi connectivity index (χ0n) is 17.1. The number of nitrogens with zero attached hydrogens (tertiary/aromatic N) is 2. The predicted octanol–water partition coefficient (Wildman–Crippen LogP) is 6.74. The first-order chi connectivity index (χ1) is 15.9. The van der Waals surface area contributed by atoms with Crippen LogP contribution in [0.25, 0.3) is 6.08 Å². The molecule has 1 heterocycles. The molecule has 8 heteroatoms. The standard InChI is InChI=1S/C25H16BrIN2O3S/c26-20-8-5-16(6-9-20)14-29-24(30)23(33-25(29)31)12-17-7-10-22(21(27)11-17)32-15-19-4-2-1-3-18(19)13-28/h1-12H,14-15H2/b23-12-. The molecule has 0 aliphatic carbocycles. The summed E-state index contributed by atoms with van der Waals surface area (Å²) in [7, 11) is 0. The van der Waals surface area contributed by atoms with E-state index in [2.05, 4.69) is 44.6 Å². The van der Waals surface area contributed by atoms with E-state index >= 15 is 0 Å². The Hall–Kier alpha value is -2.61. The summed E-state index contributed by atoms with van der Waals surface area (Å²) in [6, 6.07) is 22.6. The van der Waals surface area contributed by atoms with E-state index in [1.165, 1.54) is 4.90 Å². The van der Waals surface area contributed by atoms with Crippen LogP contribution in [0.5, 0.6) is 5.75 Å². The first-order valence-electron chi connectivity index (χ1n) is 9.85. The second-order valence-electron chi connectivity index (χ2n) is 7.14. The summed E-state index contributed by atoms with van der Waals surface area (Å²) in [6.45, 7) is 0.526. The lowest BCUT2D eigenvalue weighted by molar-refractivity contribution is -0.123. The van der Waals surface area contributed by atoms with E-state index in [9.17, 15) is 14.9 Å². The lowest BCUT2D eigenvalue weighted by atomic mass is 10.1. The highest BCUT2D eigenvalue weighted by molar-refractivity contribution is 14.1. The van der Waals surface area contributed by atoms with E-state index in [0.717, 1.165) is 36.5 Å². The summed E-state index contributed by atoms with van der Waals surface area (Å²) in [5.41, 5.74) is 3.09. The van der Waals surface area contributed by atoms with Crippen molar-refractivity contribution in [2.24, 2.45) is 0 Å². The van der Waals surface area contributed by atoms with Crippen molar-refractivity contribution in [3.8, 4) is 11.8 Å². The Labute approximate surface area is 217 Å². The van der Waals surface area contributed by atoms with Gasteiger partial charge in [0.2, 0.25) is 0 Å². The van der Waals surface area contributed by atoms with Gasteiger partial charge in [0, 0.05) is 10.0 Å². The van der Waals surface area contributed by atoms with Crippen LogP contribution in [-0.2, 0) is 17.9 Å². The Kier molecular flexibility index (Phi) is 7.53. The molecule has 0 unspecified atom stereocenters. The first kappa shape index (κ1) is 23.5. The van der Waals surface area contributed by atoms with E-state index in [1.807, 2.05) is 60.7 Å². The van der Waals surface area contributed by atoms with Crippen LogP contribution in [0.3, 0.4) is 0 Å². The van der Waals surface area contributed by atoms with Crippen molar-refractivity contribution in [1.29, 1.82) is 5.26 Å². The van der Waals surface area contributed by atoms with Gasteiger partial charge in [-0.25, -0.2) is 0 Å². The van der Waals surface area contributed by atoms with Crippen LogP contribution in [0.1, 0.15) is 22.3 Å². The summed E-state index contributed by atoms with van der Waals surface area (Å²) in [4.78, 5) is 26.9. The maximum Gasteiger partial charge on any atom is 0.293 e. The molecule has 0 aromatic heterocycles.